The Hall–Kier alpha value is -1.63. The Kier molecular flexibility index (Phi) is 5.93. The molecule has 1 aliphatic rings. The molecular weight excluding hydrogens is 372 g/mol. The van der Waals surface area contributed by atoms with Gasteiger partial charge in [0.15, 0.2) is 0 Å². The van der Waals surface area contributed by atoms with Gasteiger partial charge in [-0.15, -0.1) is 0 Å². The fraction of sp³-hybridized carbons (Fsp3) is 0.409. The SMILES string of the molecule is CN(CCCC(C#N)(c1ccccc1Br)C1CC1)Cc1ccccc1. The van der Waals surface area contributed by atoms with E-state index in [-0.39, 0.29) is 5.41 Å². The normalized spacial score (nSPS) is 16.4. The zero-order valence-corrected chi connectivity index (χ0v) is 16.4. The molecule has 2 nitrogen and oxygen atoms in total. The molecule has 0 spiro atoms. The van der Waals surface area contributed by atoms with E-state index in [9.17, 15) is 5.26 Å². The van der Waals surface area contributed by atoms with Gasteiger partial charge in [0.25, 0.3) is 0 Å². The molecule has 2 aromatic rings. The van der Waals surface area contributed by atoms with Gasteiger partial charge in [0.1, 0.15) is 0 Å². The Morgan fingerprint density at radius 2 is 1.80 bits per heavy atom. The molecule has 1 fully saturated rings. The van der Waals surface area contributed by atoms with Gasteiger partial charge in [-0.25, -0.2) is 0 Å². The molecule has 0 aliphatic heterocycles. The number of nitrogens with zero attached hydrogens (tertiary/aromatic N) is 2. The minimum atomic E-state index is -0.340. The van der Waals surface area contributed by atoms with Gasteiger partial charge in [0.05, 0.1) is 11.5 Å². The molecule has 0 saturated heterocycles. The predicted molar refractivity (Wildman–Crippen MR) is 106 cm³/mol. The van der Waals surface area contributed by atoms with Crippen molar-refractivity contribution >= 4 is 15.9 Å². The molecule has 1 atom stereocenters. The first-order valence-electron chi connectivity index (χ1n) is 9.04. The largest absolute Gasteiger partial charge is 0.302 e. The number of nitriles is 1. The minimum Gasteiger partial charge on any atom is -0.302 e. The van der Waals surface area contributed by atoms with Crippen LogP contribution in [-0.4, -0.2) is 18.5 Å². The third-order valence-electron chi connectivity index (χ3n) is 5.23. The van der Waals surface area contributed by atoms with Crippen molar-refractivity contribution in [1.29, 1.82) is 5.26 Å². The van der Waals surface area contributed by atoms with Crippen LogP contribution >= 0.6 is 15.9 Å². The van der Waals surface area contributed by atoms with Gasteiger partial charge < -0.3 is 4.90 Å². The quantitative estimate of drug-likeness (QED) is 0.585. The van der Waals surface area contributed by atoms with E-state index in [4.69, 9.17) is 0 Å². The van der Waals surface area contributed by atoms with E-state index in [0.717, 1.165) is 30.4 Å². The maximum absolute atomic E-state index is 10.1. The van der Waals surface area contributed by atoms with Gasteiger partial charge in [0.2, 0.25) is 0 Å². The second-order valence-corrected chi connectivity index (χ2v) is 8.02. The van der Waals surface area contributed by atoms with Crippen LogP contribution < -0.4 is 0 Å². The highest BCUT2D eigenvalue weighted by molar-refractivity contribution is 9.10. The second kappa shape index (κ2) is 8.17. The summed E-state index contributed by atoms with van der Waals surface area (Å²) in [6, 6.07) is 21.5. The van der Waals surface area contributed by atoms with Crippen LogP contribution in [0.2, 0.25) is 0 Å². The zero-order valence-electron chi connectivity index (χ0n) is 14.8. The standard InChI is InChI=1S/C22H25BrN2/c1-25(16-18-8-3-2-4-9-18)15-7-14-22(17-24,19-12-13-19)20-10-5-6-11-21(20)23/h2-6,8-11,19H,7,12-16H2,1H3. The predicted octanol–water partition coefficient (Wildman–Crippen LogP) is 5.53. The molecule has 3 rings (SSSR count). The van der Waals surface area contributed by atoms with Gasteiger partial charge >= 0.3 is 0 Å². The van der Waals surface area contributed by atoms with Crippen LogP contribution in [0.15, 0.2) is 59.1 Å². The molecule has 3 heteroatoms. The van der Waals surface area contributed by atoms with Crippen LogP contribution in [0.3, 0.4) is 0 Å². The molecule has 0 amide bonds. The Bertz CT molecular complexity index is 733. The highest BCUT2D eigenvalue weighted by Crippen LogP contribution is 2.51. The Labute approximate surface area is 159 Å². The average Bonchev–Trinajstić information content (AvgIpc) is 3.46. The zero-order chi connectivity index (χ0) is 17.7. The third kappa shape index (κ3) is 4.32. The van der Waals surface area contributed by atoms with Crippen molar-refractivity contribution in [3.05, 3.63) is 70.2 Å². The molecule has 0 bridgehead atoms. The van der Waals surface area contributed by atoms with Crippen molar-refractivity contribution < 1.29 is 0 Å². The van der Waals surface area contributed by atoms with E-state index in [1.807, 2.05) is 6.07 Å². The van der Waals surface area contributed by atoms with Crippen molar-refractivity contribution in [2.24, 2.45) is 5.92 Å². The summed E-state index contributed by atoms with van der Waals surface area (Å²) < 4.78 is 1.07. The molecule has 0 N–H and O–H groups in total. The Morgan fingerprint density at radius 1 is 1.12 bits per heavy atom. The first kappa shape index (κ1) is 18.2. The fourth-order valence-electron chi connectivity index (χ4n) is 3.77. The summed E-state index contributed by atoms with van der Waals surface area (Å²) in [5, 5.41) is 10.1. The lowest BCUT2D eigenvalue weighted by Gasteiger charge is -2.29. The Morgan fingerprint density at radius 3 is 2.44 bits per heavy atom. The highest BCUT2D eigenvalue weighted by atomic mass is 79.9. The fourth-order valence-corrected chi connectivity index (χ4v) is 4.41. The second-order valence-electron chi connectivity index (χ2n) is 7.16. The number of hydrogen-bond acceptors (Lipinski definition) is 2. The summed E-state index contributed by atoms with van der Waals surface area (Å²) in [4.78, 5) is 2.35. The lowest BCUT2D eigenvalue weighted by Crippen LogP contribution is -2.29. The molecule has 1 saturated carbocycles. The monoisotopic (exact) mass is 396 g/mol. The van der Waals surface area contributed by atoms with Crippen molar-refractivity contribution in [3.63, 3.8) is 0 Å². The smallest absolute Gasteiger partial charge is 0.0861 e. The summed E-state index contributed by atoms with van der Waals surface area (Å²) in [5.41, 5.74) is 2.17. The van der Waals surface area contributed by atoms with E-state index in [1.165, 1.54) is 24.0 Å². The van der Waals surface area contributed by atoms with Crippen molar-refractivity contribution in [2.45, 2.75) is 37.6 Å². The topological polar surface area (TPSA) is 27.0 Å². The van der Waals surface area contributed by atoms with E-state index >= 15 is 0 Å². The van der Waals surface area contributed by atoms with Gasteiger partial charge in [0, 0.05) is 11.0 Å². The van der Waals surface area contributed by atoms with E-state index < -0.39 is 0 Å². The van der Waals surface area contributed by atoms with Crippen molar-refractivity contribution in [2.75, 3.05) is 13.6 Å². The number of rotatable bonds is 8. The minimum absolute atomic E-state index is 0.340. The van der Waals surface area contributed by atoms with E-state index in [2.05, 4.69) is 82.5 Å². The van der Waals surface area contributed by atoms with Crippen LogP contribution in [0.5, 0.6) is 0 Å². The molecule has 130 valence electrons. The number of benzene rings is 2. The summed E-state index contributed by atoms with van der Waals surface area (Å²) in [7, 11) is 2.16. The van der Waals surface area contributed by atoms with Gasteiger partial charge in [-0.1, -0.05) is 64.5 Å². The van der Waals surface area contributed by atoms with Crippen LogP contribution in [0, 0.1) is 17.2 Å². The Balaban J connectivity index is 1.64. The first-order valence-corrected chi connectivity index (χ1v) is 9.84. The third-order valence-corrected chi connectivity index (χ3v) is 5.93. The average molecular weight is 397 g/mol. The molecule has 0 heterocycles. The molecule has 1 aliphatic carbocycles. The number of halogens is 1. The van der Waals surface area contributed by atoms with E-state index in [0.29, 0.717) is 5.92 Å². The van der Waals surface area contributed by atoms with Crippen molar-refractivity contribution in [1.82, 2.24) is 4.90 Å². The van der Waals surface area contributed by atoms with Crippen LogP contribution in [0.25, 0.3) is 0 Å². The van der Waals surface area contributed by atoms with Crippen LogP contribution in [0.1, 0.15) is 36.8 Å². The van der Waals surface area contributed by atoms with Gasteiger partial charge in [-0.3, -0.25) is 0 Å². The van der Waals surface area contributed by atoms with Gasteiger partial charge in [-0.05, 0) is 62.4 Å². The van der Waals surface area contributed by atoms with Crippen LogP contribution in [0.4, 0.5) is 0 Å². The van der Waals surface area contributed by atoms with Crippen LogP contribution in [-0.2, 0) is 12.0 Å². The lowest BCUT2D eigenvalue weighted by atomic mass is 9.74. The summed E-state index contributed by atoms with van der Waals surface area (Å²) in [6.45, 7) is 1.97. The summed E-state index contributed by atoms with van der Waals surface area (Å²) in [5.74, 6) is 0.510. The maximum atomic E-state index is 10.1. The van der Waals surface area contributed by atoms with Crippen molar-refractivity contribution in [3.8, 4) is 6.07 Å². The van der Waals surface area contributed by atoms with E-state index in [1.54, 1.807) is 0 Å². The molecule has 1 unspecified atom stereocenters. The summed E-state index contributed by atoms with van der Waals surface area (Å²) in [6.07, 6.45) is 4.31. The maximum Gasteiger partial charge on any atom is 0.0861 e. The van der Waals surface area contributed by atoms with Gasteiger partial charge in [-0.2, -0.15) is 5.26 Å². The molecule has 0 radical (unpaired) electrons. The molecule has 2 aromatic carbocycles. The molecular formula is C22H25BrN2. The highest BCUT2D eigenvalue weighted by Gasteiger charge is 2.47. The molecule has 0 aromatic heterocycles. The lowest BCUT2D eigenvalue weighted by molar-refractivity contribution is 0.299. The number of hydrogen-bond donors (Lipinski definition) is 0. The summed E-state index contributed by atoms with van der Waals surface area (Å²) >= 11 is 3.67. The molecule has 25 heavy (non-hydrogen) atoms. The first-order chi connectivity index (χ1) is 12.2.